The topological polar surface area (TPSA) is 114 Å². The van der Waals surface area contributed by atoms with Crippen LogP contribution in [0.4, 0.5) is 5.69 Å². The molecular weight excluding hydrogens is 362 g/mol. The molecule has 1 heterocycles. The summed E-state index contributed by atoms with van der Waals surface area (Å²) in [6.45, 7) is 1.68. The monoisotopic (exact) mass is 385 g/mol. The van der Waals surface area contributed by atoms with Crippen molar-refractivity contribution in [3.63, 3.8) is 0 Å². The van der Waals surface area contributed by atoms with Crippen LogP contribution in [0.25, 0.3) is 0 Å². The fourth-order valence-electron chi connectivity index (χ4n) is 3.00. The van der Waals surface area contributed by atoms with Crippen LogP contribution in [0.2, 0.25) is 5.02 Å². The van der Waals surface area contributed by atoms with Gasteiger partial charge in [-0.15, -0.1) is 0 Å². The largest absolute Gasteiger partial charge is 0.496 e. The van der Waals surface area contributed by atoms with Crippen LogP contribution < -0.4 is 15.8 Å². The molecule has 9 heteroatoms. The summed E-state index contributed by atoms with van der Waals surface area (Å²) in [6, 6.07) is 2.80. The molecule has 0 saturated carbocycles. The number of carbonyl (C=O) groups excluding carboxylic acids is 1. The fraction of sp³-hybridized carbons (Fsp3) is 0.529. The van der Waals surface area contributed by atoms with E-state index in [2.05, 4.69) is 5.32 Å². The third-order valence-corrected chi connectivity index (χ3v) is 4.80. The molecular formula is C17H24ClN3O5. The van der Waals surface area contributed by atoms with Crippen LogP contribution >= 0.6 is 11.6 Å². The molecule has 1 aliphatic rings. The number of halogens is 1. The van der Waals surface area contributed by atoms with Crippen molar-refractivity contribution in [3.05, 3.63) is 22.7 Å². The molecule has 0 radical (unpaired) electrons. The number of piperidine rings is 1. The molecule has 0 bridgehead atoms. The Balaban J connectivity index is 2.05. The lowest BCUT2D eigenvalue weighted by Gasteiger charge is -2.38. The summed E-state index contributed by atoms with van der Waals surface area (Å²) in [5, 5.41) is 12.0. The zero-order valence-corrected chi connectivity index (χ0v) is 15.6. The number of nitrogens with zero attached hydrogens (tertiary/aromatic N) is 1. The quantitative estimate of drug-likeness (QED) is 0.604. The molecule has 1 aliphatic heterocycles. The van der Waals surface area contributed by atoms with Gasteiger partial charge in [0, 0.05) is 32.8 Å². The highest BCUT2D eigenvalue weighted by Crippen LogP contribution is 2.29. The van der Waals surface area contributed by atoms with E-state index in [9.17, 15) is 9.59 Å². The summed E-state index contributed by atoms with van der Waals surface area (Å²) in [5.74, 6) is -0.811. The van der Waals surface area contributed by atoms with E-state index in [0.29, 0.717) is 43.1 Å². The molecule has 2 atom stereocenters. The second-order valence-electron chi connectivity index (χ2n) is 6.16. The third kappa shape index (κ3) is 5.00. The maximum atomic E-state index is 12.7. The standard InChI is InChI=1S/C17H24ClN3O5/c1-25-14-8-12(19)11(18)7-10(14)17(24)20-13-3-5-21(6-4-16(22)23)9-15(13)26-2/h7-8,13,15H,3-6,9,19H2,1-2H3,(H,20,24)(H,22,23)/t13-,15+/m0/s1. The molecule has 1 fully saturated rings. The molecule has 0 aromatic heterocycles. The summed E-state index contributed by atoms with van der Waals surface area (Å²) in [7, 11) is 3.03. The SMILES string of the molecule is COc1cc(N)c(Cl)cc1C(=O)N[C@H]1CCN(CCC(=O)O)C[C@H]1OC. The number of likely N-dealkylation sites (tertiary alicyclic amines) is 1. The lowest BCUT2D eigenvalue weighted by atomic mass is 10.0. The van der Waals surface area contributed by atoms with E-state index < -0.39 is 5.97 Å². The Morgan fingerprint density at radius 3 is 2.77 bits per heavy atom. The van der Waals surface area contributed by atoms with Crippen molar-refractivity contribution in [2.75, 3.05) is 39.6 Å². The Morgan fingerprint density at radius 1 is 1.42 bits per heavy atom. The normalized spacial score (nSPS) is 20.6. The number of nitrogens with two attached hydrogens (primary N) is 1. The first kappa shape index (κ1) is 20.3. The third-order valence-electron chi connectivity index (χ3n) is 4.47. The molecule has 1 amide bonds. The summed E-state index contributed by atoms with van der Waals surface area (Å²) < 4.78 is 10.7. The molecule has 4 N–H and O–H groups in total. The number of carboxylic acid groups (broad SMARTS) is 1. The average molecular weight is 386 g/mol. The number of benzene rings is 1. The lowest BCUT2D eigenvalue weighted by molar-refractivity contribution is -0.137. The van der Waals surface area contributed by atoms with Gasteiger partial charge in [0.25, 0.3) is 5.91 Å². The van der Waals surface area contributed by atoms with Crippen molar-refractivity contribution in [3.8, 4) is 5.75 Å². The minimum Gasteiger partial charge on any atom is -0.496 e. The minimum absolute atomic E-state index is 0.0780. The minimum atomic E-state index is -0.832. The molecule has 144 valence electrons. The van der Waals surface area contributed by atoms with Gasteiger partial charge < -0.3 is 30.5 Å². The Hall–Kier alpha value is -2.03. The average Bonchev–Trinajstić information content (AvgIpc) is 2.62. The van der Waals surface area contributed by atoms with Crippen molar-refractivity contribution in [1.29, 1.82) is 0 Å². The van der Waals surface area contributed by atoms with Crippen molar-refractivity contribution in [2.24, 2.45) is 0 Å². The number of aliphatic carboxylic acids is 1. The van der Waals surface area contributed by atoms with E-state index in [1.165, 1.54) is 19.2 Å². The van der Waals surface area contributed by atoms with E-state index in [0.717, 1.165) is 0 Å². The van der Waals surface area contributed by atoms with Crippen LogP contribution in [-0.4, -0.2) is 67.9 Å². The van der Waals surface area contributed by atoms with Gasteiger partial charge in [-0.3, -0.25) is 9.59 Å². The number of hydrogen-bond donors (Lipinski definition) is 3. The lowest BCUT2D eigenvalue weighted by Crippen LogP contribution is -2.55. The van der Waals surface area contributed by atoms with Crippen molar-refractivity contribution >= 4 is 29.2 Å². The maximum absolute atomic E-state index is 12.7. The molecule has 8 nitrogen and oxygen atoms in total. The second-order valence-corrected chi connectivity index (χ2v) is 6.57. The Morgan fingerprint density at radius 2 is 2.15 bits per heavy atom. The summed E-state index contributed by atoms with van der Waals surface area (Å²) in [4.78, 5) is 25.4. The molecule has 2 rings (SSSR count). The van der Waals surface area contributed by atoms with Gasteiger partial charge in [0.15, 0.2) is 0 Å². The number of ether oxygens (including phenoxy) is 2. The predicted molar refractivity (Wildman–Crippen MR) is 97.8 cm³/mol. The fourth-order valence-corrected chi connectivity index (χ4v) is 3.17. The number of amides is 1. The predicted octanol–water partition coefficient (Wildman–Crippen LogP) is 1.22. The van der Waals surface area contributed by atoms with Gasteiger partial charge in [-0.05, 0) is 12.5 Å². The van der Waals surface area contributed by atoms with Crippen molar-refractivity contribution in [1.82, 2.24) is 10.2 Å². The first-order valence-corrected chi connectivity index (χ1v) is 8.64. The number of anilines is 1. The number of carbonyl (C=O) groups is 2. The van der Waals surface area contributed by atoms with Gasteiger partial charge in [-0.2, -0.15) is 0 Å². The summed E-state index contributed by atoms with van der Waals surface area (Å²) >= 11 is 6.03. The van der Waals surface area contributed by atoms with Crippen LogP contribution in [0.1, 0.15) is 23.2 Å². The first-order valence-electron chi connectivity index (χ1n) is 8.26. The highest BCUT2D eigenvalue weighted by Gasteiger charge is 2.31. The molecule has 26 heavy (non-hydrogen) atoms. The summed E-state index contributed by atoms with van der Waals surface area (Å²) in [6.07, 6.45) is 0.487. The zero-order valence-electron chi connectivity index (χ0n) is 14.8. The van der Waals surface area contributed by atoms with Crippen LogP contribution in [0.15, 0.2) is 12.1 Å². The van der Waals surface area contributed by atoms with E-state index in [-0.39, 0.29) is 29.5 Å². The maximum Gasteiger partial charge on any atom is 0.304 e. The van der Waals surface area contributed by atoms with Gasteiger partial charge in [-0.25, -0.2) is 0 Å². The second kappa shape index (κ2) is 9.07. The summed E-state index contributed by atoms with van der Waals surface area (Å²) in [5.41, 5.74) is 6.38. The molecule has 1 saturated heterocycles. The highest BCUT2D eigenvalue weighted by atomic mass is 35.5. The van der Waals surface area contributed by atoms with E-state index in [4.69, 9.17) is 31.9 Å². The highest BCUT2D eigenvalue weighted by molar-refractivity contribution is 6.33. The van der Waals surface area contributed by atoms with Crippen molar-refractivity contribution < 1.29 is 24.2 Å². The molecule has 1 aromatic rings. The van der Waals surface area contributed by atoms with Gasteiger partial charge in [0.2, 0.25) is 0 Å². The van der Waals surface area contributed by atoms with E-state index in [1.54, 1.807) is 7.11 Å². The Kier molecular flexibility index (Phi) is 7.07. The molecule has 0 spiro atoms. The van der Waals surface area contributed by atoms with Gasteiger partial charge >= 0.3 is 5.97 Å². The van der Waals surface area contributed by atoms with Crippen molar-refractivity contribution in [2.45, 2.75) is 25.0 Å². The van der Waals surface area contributed by atoms with Crippen LogP contribution in [0, 0.1) is 0 Å². The van der Waals surface area contributed by atoms with Gasteiger partial charge in [-0.1, -0.05) is 11.6 Å². The molecule has 1 aromatic carbocycles. The van der Waals surface area contributed by atoms with E-state index in [1.807, 2.05) is 4.90 Å². The number of methoxy groups -OCH3 is 2. The number of rotatable bonds is 7. The molecule has 0 aliphatic carbocycles. The smallest absolute Gasteiger partial charge is 0.304 e. The first-order chi connectivity index (χ1) is 12.3. The van der Waals surface area contributed by atoms with Crippen LogP contribution in [-0.2, 0) is 9.53 Å². The number of nitrogens with one attached hydrogen (secondary N) is 1. The molecule has 0 unspecified atom stereocenters. The van der Waals surface area contributed by atoms with Gasteiger partial charge in [0.05, 0.1) is 41.9 Å². The van der Waals surface area contributed by atoms with E-state index >= 15 is 0 Å². The zero-order chi connectivity index (χ0) is 19.3. The number of carboxylic acids is 1. The van der Waals surface area contributed by atoms with Crippen LogP contribution in [0.5, 0.6) is 5.75 Å². The Labute approximate surface area is 157 Å². The number of hydrogen-bond acceptors (Lipinski definition) is 6. The van der Waals surface area contributed by atoms with Crippen LogP contribution in [0.3, 0.4) is 0 Å². The number of nitrogen functional groups attached to an aromatic ring is 1. The van der Waals surface area contributed by atoms with Gasteiger partial charge in [0.1, 0.15) is 5.75 Å². The Bertz CT molecular complexity index is 670.